The molecule has 0 nitrogen and oxygen atoms in total. The van der Waals surface area contributed by atoms with Gasteiger partial charge in [0.2, 0.25) is 0 Å². The minimum atomic E-state index is 0.660. The second-order valence-electron chi connectivity index (χ2n) is 10.3. The van der Waals surface area contributed by atoms with E-state index >= 15 is 0 Å². The van der Waals surface area contributed by atoms with Gasteiger partial charge in [-0.15, -0.1) is 11.8 Å². The normalized spacial score (nSPS) is 67.8. The Morgan fingerprint density at radius 1 is 0.435 bits per heavy atom. The van der Waals surface area contributed by atoms with E-state index in [0.717, 1.165) is 47.3 Å². The quantitative estimate of drug-likeness (QED) is 0.455. The minimum Gasteiger partial charge on any atom is -0.123 e. The molecule has 3 heteroatoms. The van der Waals surface area contributed by atoms with Gasteiger partial charge in [0.15, 0.2) is 0 Å². The molecule has 0 amide bonds. The van der Waals surface area contributed by atoms with Crippen molar-refractivity contribution in [1.29, 1.82) is 0 Å². The van der Waals surface area contributed by atoms with Crippen LogP contribution in [0.4, 0.5) is 0 Å². The molecule has 9 rings (SSSR count). The largest absolute Gasteiger partial charge is 0.123 e. The van der Waals surface area contributed by atoms with Crippen molar-refractivity contribution < 1.29 is 0 Å². The van der Waals surface area contributed by atoms with Crippen LogP contribution in [0.1, 0.15) is 64.2 Å². The zero-order chi connectivity index (χ0) is 14.8. The van der Waals surface area contributed by atoms with Crippen LogP contribution in [0, 0.1) is 47.3 Å². The highest BCUT2D eigenvalue weighted by Crippen LogP contribution is 2.82. The second kappa shape index (κ2) is 4.47. The van der Waals surface area contributed by atoms with Gasteiger partial charge in [0.05, 0.1) is 8.16 Å². The lowest BCUT2D eigenvalue weighted by molar-refractivity contribution is 0.00646. The maximum atomic E-state index is 2.61. The first-order valence-corrected chi connectivity index (χ1v) is 13.3. The number of rotatable bonds is 0. The summed E-state index contributed by atoms with van der Waals surface area (Å²) in [5.74, 6) is 8.84. The lowest BCUT2D eigenvalue weighted by atomic mass is 9.55. The van der Waals surface area contributed by atoms with E-state index in [4.69, 9.17) is 0 Å². The molecule has 1 heterocycles. The smallest absolute Gasteiger partial charge is 0.0785 e. The number of thioether (sulfide) groups is 1. The lowest BCUT2D eigenvalue weighted by Gasteiger charge is -2.62. The molecule has 0 unspecified atom stereocenters. The van der Waals surface area contributed by atoms with Crippen LogP contribution in [-0.2, 0) is 0 Å². The molecule has 8 bridgehead atoms. The highest BCUT2D eigenvalue weighted by Gasteiger charge is 2.69. The van der Waals surface area contributed by atoms with Crippen LogP contribution in [0.5, 0.6) is 0 Å². The van der Waals surface area contributed by atoms with Crippen LogP contribution in [0.15, 0.2) is 0 Å². The Kier molecular flexibility index (Phi) is 2.75. The summed E-state index contributed by atoms with van der Waals surface area (Å²) in [6.45, 7) is 0. The van der Waals surface area contributed by atoms with E-state index < -0.39 is 0 Å². The highest BCUT2D eigenvalue weighted by atomic mass is 33.1. The fourth-order valence-electron chi connectivity index (χ4n) is 8.70. The molecule has 0 aromatic rings. The van der Waals surface area contributed by atoms with Crippen molar-refractivity contribution in [3.63, 3.8) is 0 Å². The molecule has 0 aromatic heterocycles. The van der Waals surface area contributed by atoms with E-state index in [1.807, 2.05) is 0 Å². The molecule has 9 aliphatic rings. The minimum absolute atomic E-state index is 0.660. The van der Waals surface area contributed by atoms with Gasteiger partial charge in [-0.1, -0.05) is 21.6 Å². The van der Waals surface area contributed by atoms with Crippen molar-refractivity contribution in [1.82, 2.24) is 0 Å². The molecule has 0 radical (unpaired) electrons. The molecule has 23 heavy (non-hydrogen) atoms. The van der Waals surface area contributed by atoms with Crippen molar-refractivity contribution in [3.8, 4) is 0 Å². The highest BCUT2D eigenvalue weighted by molar-refractivity contribution is 8.83. The van der Waals surface area contributed by atoms with Crippen LogP contribution in [0.3, 0.4) is 0 Å². The summed E-state index contributed by atoms with van der Waals surface area (Å²) in [5, 5.41) is 0. The van der Waals surface area contributed by atoms with E-state index in [9.17, 15) is 0 Å². The third-order valence-electron chi connectivity index (χ3n) is 9.17. The van der Waals surface area contributed by atoms with E-state index in [2.05, 4.69) is 33.3 Å². The fraction of sp³-hybridized carbons (Fsp3) is 1.00. The van der Waals surface area contributed by atoms with E-state index in [0.29, 0.717) is 8.16 Å². The van der Waals surface area contributed by atoms with Gasteiger partial charge in [0.25, 0.3) is 0 Å². The Balaban J connectivity index is 1.27. The average Bonchev–Trinajstić information content (AvgIpc) is 2.92. The first-order valence-electron chi connectivity index (χ1n) is 10.3. The first-order chi connectivity index (χ1) is 11.2. The van der Waals surface area contributed by atoms with Crippen LogP contribution >= 0.6 is 33.3 Å². The van der Waals surface area contributed by atoms with Gasteiger partial charge in [-0.05, 0) is 112 Å². The molecule has 0 aromatic carbocycles. The second-order valence-corrected chi connectivity index (χ2v) is 15.1. The third kappa shape index (κ3) is 1.68. The summed E-state index contributed by atoms with van der Waals surface area (Å²) in [6, 6.07) is 0. The summed E-state index contributed by atoms with van der Waals surface area (Å²) in [4.78, 5) is 0. The van der Waals surface area contributed by atoms with Crippen LogP contribution < -0.4 is 0 Å². The summed E-state index contributed by atoms with van der Waals surface area (Å²) >= 11 is 2.61. The maximum absolute atomic E-state index is 2.61. The van der Waals surface area contributed by atoms with Crippen LogP contribution in [0.2, 0.25) is 0 Å². The van der Waals surface area contributed by atoms with Crippen molar-refractivity contribution in [3.05, 3.63) is 0 Å². The summed E-state index contributed by atoms with van der Waals surface area (Å²) in [7, 11) is 4.88. The lowest BCUT2D eigenvalue weighted by Crippen LogP contribution is -2.57. The molecule has 0 atom stereocenters. The summed E-state index contributed by atoms with van der Waals surface area (Å²) in [6.07, 6.45) is 16.0. The Morgan fingerprint density at radius 2 is 0.739 bits per heavy atom. The summed E-state index contributed by atoms with van der Waals surface area (Å²) < 4.78 is 1.32. The van der Waals surface area contributed by atoms with E-state index in [1.54, 1.807) is 64.2 Å². The topological polar surface area (TPSA) is 0 Å². The Hall–Kier alpha value is 1.05. The molecule has 8 saturated carbocycles. The molecule has 0 N–H and O–H groups in total. The zero-order valence-corrected chi connectivity index (χ0v) is 16.4. The van der Waals surface area contributed by atoms with Gasteiger partial charge >= 0.3 is 0 Å². The van der Waals surface area contributed by atoms with E-state index in [1.165, 1.54) is 0 Å². The van der Waals surface area contributed by atoms with Crippen molar-refractivity contribution in [2.24, 2.45) is 47.3 Å². The SMILES string of the molecule is C1C2CC3CC1CC(C2)C31SSC2(S1)C1CC3CC(C1)CC2C3. The molecule has 126 valence electrons. The van der Waals surface area contributed by atoms with E-state index in [-0.39, 0.29) is 0 Å². The Labute approximate surface area is 152 Å². The van der Waals surface area contributed by atoms with Gasteiger partial charge in [-0.25, -0.2) is 0 Å². The third-order valence-corrected chi connectivity index (χ3v) is 16.6. The van der Waals surface area contributed by atoms with Gasteiger partial charge in [0.1, 0.15) is 0 Å². The molecule has 8 aliphatic carbocycles. The maximum Gasteiger partial charge on any atom is 0.0785 e. The molecular formula is C20H28S3. The Morgan fingerprint density at radius 3 is 1.04 bits per heavy atom. The molecule has 1 saturated heterocycles. The van der Waals surface area contributed by atoms with Crippen molar-refractivity contribution in [2.75, 3.05) is 0 Å². The number of hydrogen-bond donors (Lipinski definition) is 0. The zero-order valence-electron chi connectivity index (χ0n) is 13.9. The molecular weight excluding hydrogens is 336 g/mol. The monoisotopic (exact) mass is 364 g/mol. The summed E-state index contributed by atoms with van der Waals surface area (Å²) in [5.41, 5.74) is 0. The fourth-order valence-corrected chi connectivity index (χ4v) is 17.1. The van der Waals surface area contributed by atoms with Gasteiger partial charge in [-0.3, -0.25) is 0 Å². The predicted molar refractivity (Wildman–Crippen MR) is 102 cm³/mol. The van der Waals surface area contributed by atoms with Crippen LogP contribution in [-0.4, -0.2) is 8.16 Å². The van der Waals surface area contributed by atoms with Crippen LogP contribution in [0.25, 0.3) is 0 Å². The molecule has 9 fully saturated rings. The van der Waals surface area contributed by atoms with Gasteiger partial charge in [0, 0.05) is 0 Å². The van der Waals surface area contributed by atoms with Gasteiger partial charge < -0.3 is 0 Å². The Bertz CT molecular complexity index is 451. The molecule has 1 aliphatic heterocycles. The standard InChI is InChI=1S/C20H28S3/c1-11-3-15-5-12(1)6-16(4-11)19(15)21-20(23-22-19)17-7-13-2-14(9-17)10-18(20)8-13/h11-18H,1-10H2. The first kappa shape index (κ1) is 14.2. The average molecular weight is 365 g/mol. The van der Waals surface area contributed by atoms with Crippen molar-refractivity contribution >= 4 is 33.3 Å². The number of hydrogen-bond acceptors (Lipinski definition) is 3. The van der Waals surface area contributed by atoms with Gasteiger partial charge in [-0.2, -0.15) is 0 Å². The van der Waals surface area contributed by atoms with Crippen molar-refractivity contribution in [2.45, 2.75) is 72.4 Å². The molecule has 2 spiro atoms. The predicted octanol–water partition coefficient (Wildman–Crippen LogP) is 6.42.